The van der Waals surface area contributed by atoms with Crippen LogP contribution in [0.15, 0.2) is 6.33 Å². The Kier molecular flexibility index (Phi) is 4.19. The topological polar surface area (TPSA) is 106 Å². The van der Waals surface area contributed by atoms with Crippen molar-refractivity contribution in [1.82, 2.24) is 20.1 Å². The van der Waals surface area contributed by atoms with Gasteiger partial charge in [0.15, 0.2) is 0 Å². The van der Waals surface area contributed by atoms with Gasteiger partial charge in [-0.2, -0.15) is 0 Å². The van der Waals surface area contributed by atoms with E-state index in [9.17, 15) is 4.79 Å². The van der Waals surface area contributed by atoms with Crippen molar-refractivity contribution in [1.29, 1.82) is 0 Å². The van der Waals surface area contributed by atoms with Gasteiger partial charge in [-0.25, -0.2) is 0 Å². The summed E-state index contributed by atoms with van der Waals surface area (Å²) in [6.45, 7) is 0.890. The summed E-state index contributed by atoms with van der Waals surface area (Å²) in [6.07, 6.45) is 2.32. The highest BCUT2D eigenvalue weighted by atomic mass is 16.4. The van der Waals surface area contributed by atoms with Crippen molar-refractivity contribution < 1.29 is 9.90 Å². The first kappa shape index (κ1) is 11.6. The Labute approximate surface area is 87.3 Å². The molecule has 15 heavy (non-hydrogen) atoms. The quantitative estimate of drug-likeness (QED) is 0.489. The van der Waals surface area contributed by atoms with E-state index in [-0.39, 0.29) is 6.54 Å². The number of carbonyl (C=O) groups is 1. The molecule has 0 aliphatic heterocycles. The highest BCUT2D eigenvalue weighted by molar-refractivity contribution is 5.73. The second kappa shape index (κ2) is 5.42. The van der Waals surface area contributed by atoms with Crippen LogP contribution in [0.2, 0.25) is 0 Å². The molecular formula is C8H15N5O2. The van der Waals surface area contributed by atoms with E-state index in [0.29, 0.717) is 13.0 Å². The van der Waals surface area contributed by atoms with E-state index in [2.05, 4.69) is 15.5 Å². The fraction of sp³-hybridized carbons (Fsp3) is 0.625. The molecular weight excluding hydrogens is 198 g/mol. The van der Waals surface area contributed by atoms with Crippen LogP contribution in [-0.2, 0) is 18.3 Å². The second-order valence-electron chi connectivity index (χ2n) is 3.26. The number of hydrogen-bond acceptors (Lipinski definition) is 5. The number of hydrogen-bond donors (Lipinski definition) is 3. The minimum atomic E-state index is -0.999. The van der Waals surface area contributed by atoms with Crippen molar-refractivity contribution in [2.24, 2.45) is 12.8 Å². The lowest BCUT2D eigenvalue weighted by atomic mass is 10.3. The minimum Gasteiger partial charge on any atom is -0.480 e. The summed E-state index contributed by atoms with van der Waals surface area (Å²) in [6, 6.07) is -0.857. The van der Waals surface area contributed by atoms with Crippen LogP contribution in [-0.4, -0.2) is 45.0 Å². The summed E-state index contributed by atoms with van der Waals surface area (Å²) >= 11 is 0. The molecule has 7 nitrogen and oxygen atoms in total. The Hall–Kier alpha value is -1.47. The van der Waals surface area contributed by atoms with Crippen molar-refractivity contribution in [2.75, 3.05) is 13.1 Å². The molecule has 84 valence electrons. The fourth-order valence-electron chi connectivity index (χ4n) is 1.08. The number of carboxylic acids is 1. The van der Waals surface area contributed by atoms with E-state index >= 15 is 0 Å². The molecule has 0 saturated carbocycles. The van der Waals surface area contributed by atoms with Crippen LogP contribution in [0.4, 0.5) is 0 Å². The third kappa shape index (κ3) is 3.64. The average molecular weight is 213 g/mol. The number of carboxylic acid groups (broad SMARTS) is 1. The molecule has 0 aromatic carbocycles. The molecule has 0 radical (unpaired) electrons. The molecule has 0 bridgehead atoms. The van der Waals surface area contributed by atoms with Gasteiger partial charge in [0.05, 0.1) is 0 Å². The van der Waals surface area contributed by atoms with Crippen LogP contribution in [0.5, 0.6) is 0 Å². The maximum absolute atomic E-state index is 10.4. The predicted molar refractivity (Wildman–Crippen MR) is 53.2 cm³/mol. The van der Waals surface area contributed by atoms with E-state index in [1.165, 1.54) is 0 Å². The van der Waals surface area contributed by atoms with Gasteiger partial charge < -0.3 is 20.7 Å². The largest absolute Gasteiger partial charge is 0.480 e. The summed E-state index contributed by atoms with van der Waals surface area (Å²) in [5, 5.41) is 19.1. The Balaban J connectivity index is 2.17. The van der Waals surface area contributed by atoms with Crippen LogP contribution >= 0.6 is 0 Å². The highest BCUT2D eigenvalue weighted by Gasteiger charge is 2.10. The molecule has 0 spiro atoms. The van der Waals surface area contributed by atoms with Gasteiger partial charge in [0.25, 0.3) is 0 Å². The molecule has 0 amide bonds. The number of nitrogens with two attached hydrogens (primary N) is 1. The minimum absolute atomic E-state index is 0.257. The van der Waals surface area contributed by atoms with Gasteiger partial charge in [0.1, 0.15) is 18.2 Å². The van der Waals surface area contributed by atoms with Crippen molar-refractivity contribution in [2.45, 2.75) is 12.5 Å². The van der Waals surface area contributed by atoms with Crippen LogP contribution in [0.1, 0.15) is 5.82 Å². The van der Waals surface area contributed by atoms with Gasteiger partial charge in [-0.1, -0.05) is 0 Å². The molecule has 7 heteroatoms. The summed E-state index contributed by atoms with van der Waals surface area (Å²) in [5.41, 5.74) is 5.31. The van der Waals surface area contributed by atoms with Crippen LogP contribution in [0.25, 0.3) is 0 Å². The molecule has 0 aliphatic rings. The zero-order valence-electron chi connectivity index (χ0n) is 8.55. The zero-order chi connectivity index (χ0) is 11.3. The van der Waals surface area contributed by atoms with Crippen molar-refractivity contribution in [3.63, 3.8) is 0 Å². The maximum Gasteiger partial charge on any atom is 0.321 e. The van der Waals surface area contributed by atoms with E-state index in [1.54, 1.807) is 6.33 Å². The number of aromatic nitrogens is 3. The van der Waals surface area contributed by atoms with E-state index in [0.717, 1.165) is 5.82 Å². The lowest BCUT2D eigenvalue weighted by molar-refractivity contribution is -0.138. The van der Waals surface area contributed by atoms with Gasteiger partial charge in [0, 0.05) is 26.6 Å². The fourth-order valence-corrected chi connectivity index (χ4v) is 1.08. The molecule has 4 N–H and O–H groups in total. The number of nitrogens with zero attached hydrogens (tertiary/aromatic N) is 3. The summed E-state index contributed by atoms with van der Waals surface area (Å²) in [7, 11) is 1.86. The standard InChI is InChI=1S/C8H15N5O2/c1-13-5-11-12-7(13)2-3-10-4-6(9)8(14)15/h5-6,10H,2-4,9H2,1H3,(H,14,15). The van der Waals surface area contributed by atoms with Crippen LogP contribution in [0.3, 0.4) is 0 Å². The number of aryl methyl sites for hydroxylation is 1. The van der Waals surface area contributed by atoms with Gasteiger partial charge in [0.2, 0.25) is 0 Å². The summed E-state index contributed by atoms with van der Waals surface area (Å²) in [4.78, 5) is 10.4. The third-order valence-corrected chi connectivity index (χ3v) is 2.01. The summed E-state index contributed by atoms with van der Waals surface area (Å²) in [5.74, 6) is -0.146. The van der Waals surface area contributed by atoms with Crippen LogP contribution < -0.4 is 11.1 Å². The zero-order valence-corrected chi connectivity index (χ0v) is 8.55. The van der Waals surface area contributed by atoms with Gasteiger partial charge in [-0.05, 0) is 0 Å². The van der Waals surface area contributed by atoms with Gasteiger partial charge >= 0.3 is 5.97 Å². The monoisotopic (exact) mass is 213 g/mol. The third-order valence-electron chi connectivity index (χ3n) is 2.01. The molecule has 1 rings (SSSR count). The summed E-state index contributed by atoms with van der Waals surface area (Å²) < 4.78 is 1.82. The van der Waals surface area contributed by atoms with Crippen molar-refractivity contribution >= 4 is 5.97 Å². The van der Waals surface area contributed by atoms with E-state index in [4.69, 9.17) is 10.8 Å². The molecule has 1 heterocycles. The second-order valence-corrected chi connectivity index (χ2v) is 3.26. The number of rotatable bonds is 6. The van der Waals surface area contributed by atoms with Gasteiger partial charge in [-0.3, -0.25) is 4.79 Å². The normalized spacial score (nSPS) is 12.7. The van der Waals surface area contributed by atoms with E-state index in [1.807, 2.05) is 11.6 Å². The first-order chi connectivity index (χ1) is 7.11. The van der Waals surface area contributed by atoms with Crippen molar-refractivity contribution in [3.05, 3.63) is 12.2 Å². The smallest absolute Gasteiger partial charge is 0.321 e. The molecule has 0 saturated heterocycles. The molecule has 1 aromatic heterocycles. The number of nitrogens with one attached hydrogen (secondary N) is 1. The SMILES string of the molecule is Cn1cnnc1CCNCC(N)C(=O)O. The Morgan fingerprint density at radius 2 is 2.53 bits per heavy atom. The Morgan fingerprint density at radius 1 is 1.80 bits per heavy atom. The molecule has 1 unspecified atom stereocenters. The highest BCUT2D eigenvalue weighted by Crippen LogP contribution is 1.91. The first-order valence-corrected chi connectivity index (χ1v) is 4.63. The molecule has 0 aliphatic carbocycles. The lowest BCUT2D eigenvalue weighted by Gasteiger charge is -2.07. The maximum atomic E-state index is 10.4. The Bertz CT molecular complexity index is 325. The lowest BCUT2D eigenvalue weighted by Crippen LogP contribution is -2.40. The average Bonchev–Trinajstić information content (AvgIpc) is 2.58. The number of aliphatic carboxylic acids is 1. The Morgan fingerprint density at radius 3 is 3.07 bits per heavy atom. The van der Waals surface area contributed by atoms with Gasteiger partial charge in [-0.15, -0.1) is 10.2 Å². The molecule has 1 atom stereocenters. The van der Waals surface area contributed by atoms with Crippen LogP contribution in [0, 0.1) is 0 Å². The molecule has 1 aromatic rings. The predicted octanol–water partition coefficient (Wildman–Crippen LogP) is -1.64. The van der Waals surface area contributed by atoms with E-state index < -0.39 is 12.0 Å². The van der Waals surface area contributed by atoms with Crippen molar-refractivity contribution in [3.8, 4) is 0 Å². The first-order valence-electron chi connectivity index (χ1n) is 4.63. The molecule has 0 fully saturated rings.